The van der Waals surface area contributed by atoms with Crippen LogP contribution < -0.4 is 10.9 Å². The van der Waals surface area contributed by atoms with Crippen molar-refractivity contribution in [3.8, 4) is 0 Å². The number of nitrogens with one attached hydrogen (secondary N) is 1. The molecule has 0 saturated heterocycles. The van der Waals surface area contributed by atoms with Gasteiger partial charge in [-0.1, -0.05) is 6.42 Å². The summed E-state index contributed by atoms with van der Waals surface area (Å²) >= 11 is 1.32. The zero-order chi connectivity index (χ0) is 22.5. The Labute approximate surface area is 186 Å². The summed E-state index contributed by atoms with van der Waals surface area (Å²) in [5.41, 5.74) is 2.49. The highest BCUT2D eigenvalue weighted by Crippen LogP contribution is 2.29. The van der Waals surface area contributed by atoms with Crippen LogP contribution in [0.15, 0.2) is 11.0 Å². The maximum Gasteiger partial charge on any atom is 0.262 e. The van der Waals surface area contributed by atoms with Gasteiger partial charge in [0.25, 0.3) is 11.5 Å². The molecule has 4 rings (SSSR count). The lowest BCUT2D eigenvalue weighted by molar-refractivity contribution is 0.0943. The Balaban J connectivity index is 1.66. The molecule has 1 N–H and O–H groups in total. The lowest BCUT2D eigenvalue weighted by atomic mass is 10.1. The molecule has 8 heteroatoms. The van der Waals surface area contributed by atoms with Gasteiger partial charge in [-0.05, 0) is 59.9 Å². The minimum atomic E-state index is -0.195. The SMILES string of the molecule is Cc1nn(C(C)(C)C)cc1C(C)NC(=O)c1sc2nc3n(c(=O)c2c1C)CCCCC3. The molecule has 1 aliphatic heterocycles. The van der Waals surface area contributed by atoms with E-state index >= 15 is 0 Å². The number of aryl methyl sites for hydroxylation is 3. The van der Waals surface area contributed by atoms with E-state index in [-0.39, 0.29) is 23.0 Å². The fourth-order valence-corrected chi connectivity index (χ4v) is 5.30. The van der Waals surface area contributed by atoms with Gasteiger partial charge in [0.2, 0.25) is 0 Å². The summed E-state index contributed by atoms with van der Waals surface area (Å²) in [6, 6.07) is -0.195. The molecule has 1 unspecified atom stereocenters. The van der Waals surface area contributed by atoms with Crippen molar-refractivity contribution >= 4 is 27.5 Å². The van der Waals surface area contributed by atoms with Crippen LogP contribution in [0.1, 0.15) is 85.3 Å². The summed E-state index contributed by atoms with van der Waals surface area (Å²) < 4.78 is 3.74. The van der Waals surface area contributed by atoms with Crippen LogP contribution in [0.4, 0.5) is 0 Å². The van der Waals surface area contributed by atoms with Gasteiger partial charge in [-0.25, -0.2) is 4.98 Å². The first-order chi connectivity index (χ1) is 14.6. The molecule has 3 aromatic heterocycles. The molecule has 1 aliphatic rings. The average Bonchev–Trinajstić information content (AvgIpc) is 3.13. The fraction of sp³-hybridized carbons (Fsp3) is 0.565. The highest BCUT2D eigenvalue weighted by atomic mass is 32.1. The first-order valence-electron chi connectivity index (χ1n) is 11.0. The van der Waals surface area contributed by atoms with Crippen LogP contribution in [-0.4, -0.2) is 25.2 Å². The van der Waals surface area contributed by atoms with Gasteiger partial charge >= 0.3 is 0 Å². The minimum Gasteiger partial charge on any atom is -0.345 e. The largest absolute Gasteiger partial charge is 0.345 e. The highest BCUT2D eigenvalue weighted by Gasteiger charge is 2.25. The van der Waals surface area contributed by atoms with Gasteiger partial charge < -0.3 is 5.32 Å². The normalized spacial score (nSPS) is 15.5. The Morgan fingerprint density at radius 1 is 1.23 bits per heavy atom. The lowest BCUT2D eigenvalue weighted by Crippen LogP contribution is -2.27. The fourth-order valence-electron chi connectivity index (χ4n) is 4.21. The molecule has 1 amide bonds. The van der Waals surface area contributed by atoms with Gasteiger partial charge in [0, 0.05) is 24.7 Å². The summed E-state index contributed by atoms with van der Waals surface area (Å²) in [7, 11) is 0. The topological polar surface area (TPSA) is 81.8 Å². The number of carbonyl (C=O) groups excluding carboxylic acids is 1. The maximum atomic E-state index is 13.2. The number of aromatic nitrogens is 4. The third-order valence-electron chi connectivity index (χ3n) is 6.06. The molecule has 7 nitrogen and oxygen atoms in total. The zero-order valence-electron chi connectivity index (χ0n) is 19.2. The van der Waals surface area contributed by atoms with Crippen molar-refractivity contribution in [1.29, 1.82) is 0 Å². The predicted molar refractivity (Wildman–Crippen MR) is 124 cm³/mol. The van der Waals surface area contributed by atoms with Crippen molar-refractivity contribution in [3.63, 3.8) is 0 Å². The summed E-state index contributed by atoms with van der Waals surface area (Å²) in [4.78, 5) is 32.3. The molecule has 0 radical (unpaired) electrons. The van der Waals surface area contributed by atoms with E-state index in [0.717, 1.165) is 48.3 Å². The molecule has 31 heavy (non-hydrogen) atoms. The third kappa shape index (κ3) is 3.93. The number of fused-ring (bicyclic) bond motifs is 2. The number of amides is 1. The van der Waals surface area contributed by atoms with E-state index in [9.17, 15) is 9.59 Å². The van der Waals surface area contributed by atoms with Gasteiger partial charge in [-0.3, -0.25) is 18.8 Å². The summed E-state index contributed by atoms with van der Waals surface area (Å²) in [5.74, 6) is 0.678. The van der Waals surface area contributed by atoms with Gasteiger partial charge in [0.15, 0.2) is 0 Å². The Bertz CT molecular complexity index is 1210. The second kappa shape index (κ2) is 7.89. The average molecular weight is 442 g/mol. The molecule has 0 bridgehead atoms. The first-order valence-corrected chi connectivity index (χ1v) is 11.8. The molecule has 4 heterocycles. The van der Waals surface area contributed by atoms with Crippen molar-refractivity contribution in [3.05, 3.63) is 44.1 Å². The molecule has 3 aromatic rings. The minimum absolute atomic E-state index is 0.00922. The molecular formula is C23H31N5O2S. The molecule has 0 spiro atoms. The molecule has 0 saturated carbocycles. The zero-order valence-corrected chi connectivity index (χ0v) is 20.0. The number of rotatable bonds is 3. The Hall–Kier alpha value is -2.48. The van der Waals surface area contributed by atoms with Crippen LogP contribution in [0, 0.1) is 13.8 Å². The Morgan fingerprint density at radius 2 is 1.97 bits per heavy atom. The molecule has 0 fully saturated rings. The van der Waals surface area contributed by atoms with Crippen LogP contribution in [-0.2, 0) is 18.5 Å². The number of carbonyl (C=O) groups is 1. The lowest BCUT2D eigenvalue weighted by Gasteiger charge is -2.19. The standard InChI is InChI=1S/C23H31N5O2S/c1-13-18-21(25-17-10-8-7-9-11-27(17)22(18)30)31-19(13)20(29)24-14(2)16-12-28(23(4,5)6)26-15(16)3/h12,14H,7-11H2,1-6H3,(H,24,29). The van der Waals surface area contributed by atoms with E-state index in [1.54, 1.807) is 0 Å². The second-order valence-corrected chi connectivity index (χ2v) is 10.5. The number of hydrogen-bond acceptors (Lipinski definition) is 5. The van der Waals surface area contributed by atoms with Crippen molar-refractivity contribution in [2.24, 2.45) is 0 Å². The van der Waals surface area contributed by atoms with E-state index in [1.807, 2.05) is 36.2 Å². The smallest absolute Gasteiger partial charge is 0.262 e. The van der Waals surface area contributed by atoms with Crippen LogP contribution in [0.25, 0.3) is 10.2 Å². The molecule has 0 aromatic carbocycles. The quantitative estimate of drug-likeness (QED) is 0.659. The van der Waals surface area contributed by atoms with Gasteiger partial charge in [-0.15, -0.1) is 11.3 Å². The second-order valence-electron chi connectivity index (χ2n) is 9.51. The third-order valence-corrected chi connectivity index (χ3v) is 7.24. The highest BCUT2D eigenvalue weighted by molar-refractivity contribution is 7.20. The van der Waals surface area contributed by atoms with E-state index in [1.165, 1.54) is 11.3 Å². The van der Waals surface area contributed by atoms with Crippen LogP contribution in [0.2, 0.25) is 0 Å². The van der Waals surface area contributed by atoms with Crippen molar-refractivity contribution in [2.45, 2.75) is 85.4 Å². The van der Waals surface area contributed by atoms with Gasteiger partial charge in [0.05, 0.1) is 27.5 Å². The van der Waals surface area contributed by atoms with Crippen molar-refractivity contribution in [2.75, 3.05) is 0 Å². The van der Waals surface area contributed by atoms with Crippen molar-refractivity contribution < 1.29 is 4.79 Å². The Kier molecular flexibility index (Phi) is 5.54. The van der Waals surface area contributed by atoms with E-state index in [4.69, 9.17) is 4.98 Å². The number of hydrogen-bond donors (Lipinski definition) is 1. The molecular weight excluding hydrogens is 410 g/mol. The number of thiophene rings is 1. The summed E-state index contributed by atoms with van der Waals surface area (Å²) in [6.45, 7) is 12.8. The summed E-state index contributed by atoms with van der Waals surface area (Å²) in [6.07, 6.45) is 5.98. The van der Waals surface area contributed by atoms with Crippen molar-refractivity contribution in [1.82, 2.24) is 24.6 Å². The van der Waals surface area contributed by atoms with Gasteiger partial charge in [0.1, 0.15) is 10.7 Å². The first kappa shape index (κ1) is 21.7. The summed E-state index contributed by atoms with van der Waals surface area (Å²) in [5, 5.41) is 8.30. The molecule has 1 atom stereocenters. The monoisotopic (exact) mass is 441 g/mol. The molecule has 0 aliphatic carbocycles. The van der Waals surface area contributed by atoms with E-state index < -0.39 is 0 Å². The van der Waals surface area contributed by atoms with Crippen LogP contribution in [0.5, 0.6) is 0 Å². The number of nitrogens with zero attached hydrogens (tertiary/aromatic N) is 4. The predicted octanol–water partition coefficient (Wildman–Crippen LogP) is 4.24. The van der Waals surface area contributed by atoms with Gasteiger partial charge in [-0.2, -0.15) is 5.10 Å². The molecule has 166 valence electrons. The van der Waals surface area contributed by atoms with Crippen LogP contribution in [0.3, 0.4) is 0 Å². The maximum absolute atomic E-state index is 13.2. The Morgan fingerprint density at radius 3 is 2.65 bits per heavy atom. The van der Waals surface area contributed by atoms with E-state index in [2.05, 4.69) is 31.2 Å². The van der Waals surface area contributed by atoms with E-state index in [0.29, 0.717) is 21.6 Å². The van der Waals surface area contributed by atoms with Crippen LogP contribution >= 0.6 is 11.3 Å².